The third kappa shape index (κ3) is 4.89. The number of aromatic nitrogens is 3. The summed E-state index contributed by atoms with van der Waals surface area (Å²) >= 11 is 0. The highest BCUT2D eigenvalue weighted by atomic mass is 19.2. The Bertz CT molecular complexity index is 926. The van der Waals surface area contributed by atoms with Gasteiger partial charge in [0.2, 0.25) is 5.88 Å². The quantitative estimate of drug-likeness (QED) is 0.677. The van der Waals surface area contributed by atoms with Gasteiger partial charge in [-0.05, 0) is 45.0 Å². The van der Waals surface area contributed by atoms with Crippen molar-refractivity contribution in [2.24, 2.45) is 0 Å². The van der Waals surface area contributed by atoms with Crippen LogP contribution in [0.5, 0.6) is 11.6 Å². The standard InChI is InChI=1S/C20H22F2N4O/c1-13-9-15(3)26(25-13)12-14(2)24-11-16-5-4-8-23-20(16)27-17-6-7-18(21)19(22)10-17/h4-10,14,24H,11-12H2,1-3H3. The first-order chi connectivity index (χ1) is 12.9. The summed E-state index contributed by atoms with van der Waals surface area (Å²) in [6.07, 6.45) is 1.60. The fourth-order valence-electron chi connectivity index (χ4n) is 2.77. The summed E-state index contributed by atoms with van der Waals surface area (Å²) in [5.41, 5.74) is 2.93. The summed E-state index contributed by atoms with van der Waals surface area (Å²) in [5.74, 6) is -1.32. The maximum Gasteiger partial charge on any atom is 0.223 e. The van der Waals surface area contributed by atoms with Crippen molar-refractivity contribution in [1.29, 1.82) is 0 Å². The van der Waals surface area contributed by atoms with Gasteiger partial charge >= 0.3 is 0 Å². The molecule has 1 aromatic carbocycles. The minimum absolute atomic E-state index is 0.166. The monoisotopic (exact) mass is 372 g/mol. The van der Waals surface area contributed by atoms with Gasteiger partial charge in [0, 0.05) is 36.1 Å². The summed E-state index contributed by atoms with van der Waals surface area (Å²) in [6.45, 7) is 7.33. The molecule has 2 heterocycles. The summed E-state index contributed by atoms with van der Waals surface area (Å²) < 4.78 is 34.1. The fraction of sp³-hybridized carbons (Fsp3) is 0.300. The summed E-state index contributed by atoms with van der Waals surface area (Å²) in [5, 5.41) is 7.88. The molecule has 0 amide bonds. The van der Waals surface area contributed by atoms with Crippen LogP contribution in [0.25, 0.3) is 0 Å². The molecule has 0 spiro atoms. The number of nitrogens with one attached hydrogen (secondary N) is 1. The molecule has 0 saturated heterocycles. The molecule has 1 atom stereocenters. The molecule has 142 valence electrons. The number of rotatable bonds is 7. The summed E-state index contributed by atoms with van der Waals surface area (Å²) in [7, 11) is 0. The van der Waals surface area contributed by atoms with E-state index in [0.717, 1.165) is 35.6 Å². The molecule has 7 heteroatoms. The van der Waals surface area contributed by atoms with Crippen LogP contribution in [-0.2, 0) is 13.1 Å². The van der Waals surface area contributed by atoms with Gasteiger partial charge in [0.1, 0.15) is 5.75 Å². The molecule has 0 aliphatic heterocycles. The van der Waals surface area contributed by atoms with Crippen molar-refractivity contribution < 1.29 is 13.5 Å². The maximum atomic E-state index is 13.4. The number of pyridine rings is 1. The van der Waals surface area contributed by atoms with E-state index in [1.807, 2.05) is 30.7 Å². The second-order valence-electron chi connectivity index (χ2n) is 6.54. The van der Waals surface area contributed by atoms with Crippen molar-refractivity contribution in [2.45, 2.75) is 39.9 Å². The van der Waals surface area contributed by atoms with E-state index in [1.165, 1.54) is 6.07 Å². The Morgan fingerprint density at radius 2 is 1.96 bits per heavy atom. The molecule has 27 heavy (non-hydrogen) atoms. The second-order valence-corrected chi connectivity index (χ2v) is 6.54. The second kappa shape index (κ2) is 8.26. The van der Waals surface area contributed by atoms with E-state index in [0.29, 0.717) is 12.4 Å². The normalized spacial score (nSPS) is 12.2. The molecule has 0 aliphatic carbocycles. The van der Waals surface area contributed by atoms with E-state index < -0.39 is 11.6 Å². The lowest BCUT2D eigenvalue weighted by Crippen LogP contribution is -2.30. The third-order valence-corrected chi connectivity index (χ3v) is 4.15. The lowest BCUT2D eigenvalue weighted by molar-refractivity contribution is 0.422. The Hall–Kier alpha value is -2.80. The fourth-order valence-corrected chi connectivity index (χ4v) is 2.77. The van der Waals surface area contributed by atoms with Gasteiger partial charge in [-0.15, -0.1) is 0 Å². The zero-order valence-corrected chi connectivity index (χ0v) is 15.5. The minimum atomic E-state index is -0.957. The molecular formula is C20H22F2N4O. The smallest absolute Gasteiger partial charge is 0.223 e. The molecule has 2 aromatic heterocycles. The van der Waals surface area contributed by atoms with E-state index in [9.17, 15) is 8.78 Å². The third-order valence-electron chi connectivity index (χ3n) is 4.15. The van der Waals surface area contributed by atoms with Gasteiger partial charge in [0.15, 0.2) is 11.6 Å². The van der Waals surface area contributed by atoms with E-state index in [4.69, 9.17) is 4.74 Å². The number of halogens is 2. The number of hydrogen-bond donors (Lipinski definition) is 1. The van der Waals surface area contributed by atoms with E-state index >= 15 is 0 Å². The van der Waals surface area contributed by atoms with Crippen molar-refractivity contribution in [3.8, 4) is 11.6 Å². The van der Waals surface area contributed by atoms with Gasteiger partial charge in [0.05, 0.1) is 12.2 Å². The molecule has 3 aromatic rings. The molecule has 3 rings (SSSR count). The summed E-state index contributed by atoms with van der Waals surface area (Å²) in [6, 6.07) is 9.30. The lowest BCUT2D eigenvalue weighted by Gasteiger charge is -2.16. The van der Waals surface area contributed by atoms with Gasteiger partial charge in [-0.3, -0.25) is 4.68 Å². The van der Waals surface area contributed by atoms with Crippen molar-refractivity contribution in [3.63, 3.8) is 0 Å². The maximum absolute atomic E-state index is 13.4. The van der Waals surface area contributed by atoms with E-state index in [-0.39, 0.29) is 11.8 Å². The van der Waals surface area contributed by atoms with Crippen LogP contribution in [0.15, 0.2) is 42.6 Å². The lowest BCUT2D eigenvalue weighted by atomic mass is 10.2. The topological polar surface area (TPSA) is 52.0 Å². The Balaban J connectivity index is 1.65. The van der Waals surface area contributed by atoms with E-state index in [2.05, 4.69) is 22.3 Å². The van der Waals surface area contributed by atoms with Crippen LogP contribution in [0.1, 0.15) is 23.9 Å². The van der Waals surface area contributed by atoms with Crippen molar-refractivity contribution in [3.05, 3.63) is 71.2 Å². The Kier molecular flexibility index (Phi) is 5.81. The van der Waals surface area contributed by atoms with Crippen molar-refractivity contribution in [1.82, 2.24) is 20.1 Å². The predicted octanol–water partition coefficient (Wildman–Crippen LogP) is 4.14. The number of benzene rings is 1. The first kappa shape index (κ1) is 19.0. The largest absolute Gasteiger partial charge is 0.439 e. The van der Waals surface area contributed by atoms with Gasteiger partial charge in [0.25, 0.3) is 0 Å². The highest BCUT2D eigenvalue weighted by Gasteiger charge is 2.11. The zero-order valence-electron chi connectivity index (χ0n) is 15.5. The molecule has 1 N–H and O–H groups in total. The van der Waals surface area contributed by atoms with Crippen LogP contribution in [0, 0.1) is 25.5 Å². The van der Waals surface area contributed by atoms with Crippen LogP contribution in [0.3, 0.4) is 0 Å². The molecule has 0 aliphatic rings. The van der Waals surface area contributed by atoms with Crippen molar-refractivity contribution in [2.75, 3.05) is 0 Å². The average Bonchev–Trinajstić information content (AvgIpc) is 2.94. The van der Waals surface area contributed by atoms with Gasteiger partial charge in [-0.1, -0.05) is 6.07 Å². The average molecular weight is 372 g/mol. The number of nitrogens with zero attached hydrogens (tertiary/aromatic N) is 3. The predicted molar refractivity (Wildman–Crippen MR) is 98.7 cm³/mol. The summed E-state index contributed by atoms with van der Waals surface area (Å²) in [4.78, 5) is 4.21. The number of ether oxygens (including phenoxy) is 1. The molecular weight excluding hydrogens is 350 g/mol. The number of hydrogen-bond acceptors (Lipinski definition) is 4. The SMILES string of the molecule is Cc1cc(C)n(CC(C)NCc2cccnc2Oc2ccc(F)c(F)c2)n1. The van der Waals surface area contributed by atoms with Crippen LogP contribution in [0.2, 0.25) is 0 Å². The van der Waals surface area contributed by atoms with Crippen LogP contribution in [-0.4, -0.2) is 20.8 Å². The highest BCUT2D eigenvalue weighted by Crippen LogP contribution is 2.24. The first-order valence-corrected chi connectivity index (χ1v) is 8.73. The van der Waals surface area contributed by atoms with Gasteiger partial charge < -0.3 is 10.1 Å². The molecule has 0 saturated carbocycles. The first-order valence-electron chi connectivity index (χ1n) is 8.73. The van der Waals surface area contributed by atoms with Gasteiger partial charge in [-0.2, -0.15) is 5.10 Å². The zero-order chi connectivity index (χ0) is 19.4. The molecule has 1 unspecified atom stereocenters. The number of aryl methyl sites for hydroxylation is 2. The molecule has 0 bridgehead atoms. The molecule has 5 nitrogen and oxygen atoms in total. The Morgan fingerprint density at radius 1 is 1.15 bits per heavy atom. The van der Waals surface area contributed by atoms with Crippen LogP contribution < -0.4 is 10.1 Å². The van der Waals surface area contributed by atoms with Crippen molar-refractivity contribution >= 4 is 0 Å². The van der Waals surface area contributed by atoms with E-state index in [1.54, 1.807) is 12.3 Å². The highest BCUT2D eigenvalue weighted by molar-refractivity contribution is 5.32. The molecule has 0 radical (unpaired) electrons. The van der Waals surface area contributed by atoms with Crippen LogP contribution in [0.4, 0.5) is 8.78 Å². The molecule has 0 fully saturated rings. The Morgan fingerprint density at radius 3 is 2.67 bits per heavy atom. The van der Waals surface area contributed by atoms with Gasteiger partial charge in [-0.25, -0.2) is 13.8 Å². The van der Waals surface area contributed by atoms with Crippen LogP contribution >= 0.6 is 0 Å². The Labute approximate surface area is 157 Å². The minimum Gasteiger partial charge on any atom is -0.439 e.